The van der Waals surface area contributed by atoms with Gasteiger partial charge >= 0.3 is 0 Å². The number of carbonyl (C=O) groups is 1. The molecule has 2 aromatic rings. The Bertz CT molecular complexity index is 735. The van der Waals surface area contributed by atoms with Crippen molar-refractivity contribution in [3.8, 4) is 0 Å². The smallest absolute Gasteiger partial charge is 0.240 e. The number of hydrogen-bond donors (Lipinski definition) is 1. The summed E-state index contributed by atoms with van der Waals surface area (Å²) in [6, 6.07) is 5.82. The third-order valence-electron chi connectivity index (χ3n) is 2.86. The maximum absolute atomic E-state index is 12.1. The molecule has 0 saturated carbocycles. The summed E-state index contributed by atoms with van der Waals surface area (Å²) in [6.07, 6.45) is 1.97. The summed E-state index contributed by atoms with van der Waals surface area (Å²) in [6.45, 7) is 1.64. The van der Waals surface area contributed by atoms with E-state index in [9.17, 15) is 13.2 Å². The van der Waals surface area contributed by atoms with Crippen LogP contribution in [0.15, 0.2) is 35.5 Å². The predicted octanol–water partition coefficient (Wildman–Crippen LogP) is 0.539. The molecule has 0 aliphatic carbocycles. The molecule has 112 valence electrons. The molecular formula is C13H16N4O3S. The van der Waals surface area contributed by atoms with Crippen molar-refractivity contribution >= 4 is 15.8 Å². The molecule has 1 aromatic heterocycles. The summed E-state index contributed by atoms with van der Waals surface area (Å²) in [4.78, 5) is 15.3. The van der Waals surface area contributed by atoms with Gasteiger partial charge in [0.15, 0.2) is 11.6 Å². The average Bonchev–Trinajstić information content (AvgIpc) is 2.84. The number of carbonyl (C=O) groups excluding carboxylic acids is 1. The quantitative estimate of drug-likeness (QED) is 0.786. The molecule has 0 bridgehead atoms. The summed E-state index contributed by atoms with van der Waals surface area (Å²) in [5.74, 6) is 0.472. The van der Waals surface area contributed by atoms with Gasteiger partial charge in [-0.2, -0.15) is 5.10 Å². The Morgan fingerprint density at radius 1 is 1.29 bits per heavy atom. The molecule has 0 saturated heterocycles. The van der Waals surface area contributed by atoms with Crippen LogP contribution in [0.3, 0.4) is 0 Å². The minimum absolute atomic E-state index is 0.104. The first-order valence-electron chi connectivity index (χ1n) is 6.34. The van der Waals surface area contributed by atoms with Gasteiger partial charge in [-0.05, 0) is 19.1 Å². The summed E-state index contributed by atoms with van der Waals surface area (Å²) in [5.41, 5.74) is 0.478. The van der Waals surface area contributed by atoms with Gasteiger partial charge in [-0.1, -0.05) is 12.1 Å². The zero-order valence-electron chi connectivity index (χ0n) is 11.8. The Kier molecular flexibility index (Phi) is 4.49. The van der Waals surface area contributed by atoms with E-state index in [1.807, 2.05) is 0 Å². The first-order chi connectivity index (χ1) is 9.88. The highest BCUT2D eigenvalue weighted by molar-refractivity contribution is 7.89. The Morgan fingerprint density at radius 2 is 1.95 bits per heavy atom. The molecule has 0 unspecified atom stereocenters. The first-order valence-corrected chi connectivity index (χ1v) is 7.82. The van der Waals surface area contributed by atoms with Crippen molar-refractivity contribution in [2.75, 3.05) is 6.54 Å². The highest BCUT2D eigenvalue weighted by Gasteiger charge is 2.14. The normalized spacial score (nSPS) is 11.5. The third kappa shape index (κ3) is 3.96. The molecule has 0 aliphatic rings. The minimum atomic E-state index is -3.59. The fourth-order valence-corrected chi connectivity index (χ4v) is 2.78. The van der Waals surface area contributed by atoms with Crippen molar-refractivity contribution in [3.63, 3.8) is 0 Å². The Hall–Kier alpha value is -2.06. The number of benzene rings is 1. The number of nitrogens with zero attached hydrogens (tertiary/aromatic N) is 3. The Morgan fingerprint density at radius 3 is 2.48 bits per heavy atom. The number of ketones is 1. The van der Waals surface area contributed by atoms with Crippen molar-refractivity contribution in [3.05, 3.63) is 42.0 Å². The highest BCUT2D eigenvalue weighted by Crippen LogP contribution is 2.10. The van der Waals surface area contributed by atoms with Crippen LogP contribution in [-0.2, 0) is 23.5 Å². The average molecular weight is 308 g/mol. The first kappa shape index (κ1) is 15.3. The van der Waals surface area contributed by atoms with Gasteiger partial charge in [0, 0.05) is 25.6 Å². The molecule has 0 amide bonds. The van der Waals surface area contributed by atoms with Crippen LogP contribution in [-0.4, -0.2) is 35.5 Å². The minimum Gasteiger partial charge on any atom is -0.295 e. The number of aryl methyl sites for hydroxylation is 1. The predicted molar refractivity (Wildman–Crippen MR) is 76.3 cm³/mol. The molecule has 1 N–H and O–H groups in total. The standard InChI is InChI=1S/C13H16N4O3S/c1-10(18)11-3-5-12(6-4-11)21(19,20)15-8-7-13-14-9-17(2)16-13/h3-6,9,15H,7-8H2,1-2H3. The van der Waals surface area contributed by atoms with E-state index >= 15 is 0 Å². The largest absolute Gasteiger partial charge is 0.295 e. The summed E-state index contributed by atoms with van der Waals surface area (Å²) in [5, 5.41) is 4.07. The summed E-state index contributed by atoms with van der Waals surface area (Å²) in [7, 11) is -1.84. The molecular weight excluding hydrogens is 292 g/mol. The van der Waals surface area contributed by atoms with Gasteiger partial charge in [0.05, 0.1) is 4.90 Å². The van der Waals surface area contributed by atoms with E-state index in [2.05, 4.69) is 14.8 Å². The lowest BCUT2D eigenvalue weighted by Crippen LogP contribution is -2.26. The monoisotopic (exact) mass is 308 g/mol. The second kappa shape index (κ2) is 6.15. The molecule has 21 heavy (non-hydrogen) atoms. The number of nitrogens with one attached hydrogen (secondary N) is 1. The number of Topliss-reactive ketones (excluding diaryl/α,β-unsaturated/α-hetero) is 1. The van der Waals surface area contributed by atoms with Crippen molar-refractivity contribution in [1.82, 2.24) is 19.5 Å². The molecule has 0 radical (unpaired) electrons. The lowest BCUT2D eigenvalue weighted by Gasteiger charge is -2.06. The fourth-order valence-electron chi connectivity index (χ4n) is 1.75. The van der Waals surface area contributed by atoms with Gasteiger partial charge in [-0.15, -0.1) is 0 Å². The summed E-state index contributed by atoms with van der Waals surface area (Å²) < 4.78 is 28.2. The fraction of sp³-hybridized carbons (Fsp3) is 0.308. The Labute approximate surface area is 123 Å². The van der Waals surface area contributed by atoms with Crippen molar-refractivity contribution in [2.45, 2.75) is 18.2 Å². The third-order valence-corrected chi connectivity index (χ3v) is 4.34. The number of rotatable bonds is 6. The molecule has 0 spiro atoms. The van der Waals surface area contributed by atoms with E-state index in [0.29, 0.717) is 17.8 Å². The maximum Gasteiger partial charge on any atom is 0.240 e. The van der Waals surface area contributed by atoms with Gasteiger partial charge in [0.1, 0.15) is 6.33 Å². The molecule has 1 heterocycles. The van der Waals surface area contributed by atoms with Gasteiger partial charge < -0.3 is 0 Å². The lowest BCUT2D eigenvalue weighted by atomic mass is 10.2. The molecule has 7 nitrogen and oxygen atoms in total. The SMILES string of the molecule is CC(=O)c1ccc(S(=O)(=O)NCCc2ncn(C)n2)cc1. The second-order valence-electron chi connectivity index (χ2n) is 4.56. The van der Waals surface area contributed by atoms with Crippen molar-refractivity contribution in [1.29, 1.82) is 0 Å². The van der Waals surface area contributed by atoms with Crippen LogP contribution in [0.1, 0.15) is 23.1 Å². The van der Waals surface area contributed by atoms with Crippen LogP contribution < -0.4 is 4.72 Å². The van der Waals surface area contributed by atoms with Gasteiger partial charge in [0.25, 0.3) is 0 Å². The van der Waals surface area contributed by atoms with Crippen LogP contribution in [0.5, 0.6) is 0 Å². The van der Waals surface area contributed by atoms with Crippen molar-refractivity contribution < 1.29 is 13.2 Å². The van der Waals surface area contributed by atoms with E-state index < -0.39 is 10.0 Å². The van der Waals surface area contributed by atoms with Crippen molar-refractivity contribution in [2.24, 2.45) is 7.05 Å². The molecule has 0 fully saturated rings. The molecule has 0 atom stereocenters. The Balaban J connectivity index is 1.99. The molecule has 8 heteroatoms. The van der Waals surface area contributed by atoms with Crippen LogP contribution in [0.25, 0.3) is 0 Å². The van der Waals surface area contributed by atoms with Gasteiger partial charge in [0.2, 0.25) is 10.0 Å². The van der Waals surface area contributed by atoms with Gasteiger partial charge in [-0.25, -0.2) is 18.1 Å². The lowest BCUT2D eigenvalue weighted by molar-refractivity contribution is 0.101. The van der Waals surface area contributed by atoms with E-state index in [-0.39, 0.29) is 17.2 Å². The molecule has 2 rings (SSSR count). The zero-order chi connectivity index (χ0) is 15.5. The van der Waals surface area contributed by atoms with Crippen LogP contribution in [0, 0.1) is 0 Å². The topological polar surface area (TPSA) is 94.0 Å². The number of aromatic nitrogens is 3. The number of sulfonamides is 1. The van der Waals surface area contributed by atoms with Crippen LogP contribution >= 0.6 is 0 Å². The second-order valence-corrected chi connectivity index (χ2v) is 6.33. The molecule has 0 aliphatic heterocycles. The zero-order valence-corrected chi connectivity index (χ0v) is 12.6. The molecule has 1 aromatic carbocycles. The van der Waals surface area contributed by atoms with E-state index in [1.165, 1.54) is 31.2 Å². The number of hydrogen-bond acceptors (Lipinski definition) is 5. The van der Waals surface area contributed by atoms with E-state index in [1.54, 1.807) is 18.1 Å². The maximum atomic E-state index is 12.1. The van der Waals surface area contributed by atoms with E-state index in [4.69, 9.17) is 0 Å². The van der Waals surface area contributed by atoms with Crippen LogP contribution in [0.2, 0.25) is 0 Å². The van der Waals surface area contributed by atoms with E-state index in [0.717, 1.165) is 0 Å². The highest BCUT2D eigenvalue weighted by atomic mass is 32.2. The van der Waals surface area contributed by atoms with Gasteiger partial charge in [-0.3, -0.25) is 9.48 Å². The van der Waals surface area contributed by atoms with Crippen LogP contribution in [0.4, 0.5) is 0 Å². The summed E-state index contributed by atoms with van der Waals surface area (Å²) >= 11 is 0.